The fourth-order valence-corrected chi connectivity index (χ4v) is 5.31. The monoisotopic (exact) mass is 549 g/mol. The molecule has 4 aromatic rings. The zero-order valence-corrected chi connectivity index (χ0v) is 21.6. The van der Waals surface area contributed by atoms with E-state index in [1.807, 2.05) is 35.6 Å². The Labute approximate surface area is 227 Å². The van der Waals surface area contributed by atoms with Crippen molar-refractivity contribution < 1.29 is 27.4 Å². The number of amides is 1. The van der Waals surface area contributed by atoms with Gasteiger partial charge in [-0.3, -0.25) is 9.20 Å². The van der Waals surface area contributed by atoms with Crippen LogP contribution in [0.25, 0.3) is 16.8 Å². The lowest BCUT2D eigenvalue weighted by molar-refractivity contribution is -0.158. The molecule has 2 aliphatic heterocycles. The van der Waals surface area contributed by atoms with Crippen LogP contribution in [0, 0.1) is 0 Å². The van der Waals surface area contributed by atoms with Gasteiger partial charge in [0.15, 0.2) is 6.61 Å². The number of ether oxygens (including phenoxy) is 2. The number of halogens is 3. The van der Waals surface area contributed by atoms with Crippen LogP contribution in [-0.2, 0) is 20.4 Å². The second-order valence-electron chi connectivity index (χ2n) is 9.96. The summed E-state index contributed by atoms with van der Waals surface area (Å²) in [7, 11) is 0. The van der Waals surface area contributed by atoms with Crippen molar-refractivity contribution in [3.8, 4) is 11.3 Å². The first kappa shape index (κ1) is 25.9. The highest BCUT2D eigenvalue weighted by molar-refractivity contribution is 5.85. The first-order valence-electron chi connectivity index (χ1n) is 12.7. The SMILES string of the molecule is C=C1OCC(=O)N2C[C@H](c3nc(-c4ccc([C@H](C)c5cccc(C(F)(F)F)c5)cc4)c4c(N)nccn34)OC[C@@H]12. The van der Waals surface area contributed by atoms with Crippen molar-refractivity contribution in [2.45, 2.75) is 31.2 Å². The molecule has 40 heavy (non-hydrogen) atoms. The molecular weight excluding hydrogens is 523 g/mol. The van der Waals surface area contributed by atoms with Crippen molar-refractivity contribution in [2.75, 3.05) is 25.5 Å². The van der Waals surface area contributed by atoms with Crippen LogP contribution in [0.5, 0.6) is 0 Å². The van der Waals surface area contributed by atoms with Gasteiger partial charge in [0.1, 0.15) is 40.8 Å². The fourth-order valence-electron chi connectivity index (χ4n) is 5.31. The Morgan fingerprint density at radius 1 is 1.15 bits per heavy atom. The van der Waals surface area contributed by atoms with E-state index < -0.39 is 17.8 Å². The number of hydrogen-bond acceptors (Lipinski definition) is 6. The van der Waals surface area contributed by atoms with E-state index in [1.165, 1.54) is 12.1 Å². The molecule has 2 aromatic carbocycles. The molecule has 0 bridgehead atoms. The molecule has 2 aromatic heterocycles. The number of benzene rings is 2. The van der Waals surface area contributed by atoms with E-state index in [4.69, 9.17) is 20.2 Å². The Balaban J connectivity index is 1.33. The van der Waals surface area contributed by atoms with Gasteiger partial charge < -0.3 is 20.1 Å². The minimum absolute atomic E-state index is 0.0578. The van der Waals surface area contributed by atoms with Crippen molar-refractivity contribution in [1.29, 1.82) is 0 Å². The lowest BCUT2D eigenvalue weighted by Gasteiger charge is -2.42. The van der Waals surface area contributed by atoms with Crippen molar-refractivity contribution in [3.05, 3.63) is 95.8 Å². The third-order valence-electron chi connectivity index (χ3n) is 7.56. The second kappa shape index (κ2) is 9.67. The summed E-state index contributed by atoms with van der Waals surface area (Å²) in [4.78, 5) is 23.4. The molecule has 4 heterocycles. The summed E-state index contributed by atoms with van der Waals surface area (Å²) in [5.41, 5.74) is 8.98. The third kappa shape index (κ3) is 4.45. The second-order valence-corrected chi connectivity index (χ2v) is 9.96. The molecule has 2 fully saturated rings. The van der Waals surface area contributed by atoms with Gasteiger partial charge in [-0.05, 0) is 17.2 Å². The van der Waals surface area contributed by atoms with Gasteiger partial charge in [0.05, 0.1) is 18.7 Å². The first-order valence-corrected chi connectivity index (χ1v) is 12.7. The number of fused-ring (bicyclic) bond motifs is 2. The Bertz CT molecular complexity index is 1620. The third-order valence-corrected chi connectivity index (χ3v) is 7.56. The zero-order valence-electron chi connectivity index (χ0n) is 21.6. The minimum Gasteiger partial charge on any atom is -0.486 e. The van der Waals surface area contributed by atoms with E-state index in [0.29, 0.717) is 28.4 Å². The highest BCUT2D eigenvalue weighted by Crippen LogP contribution is 2.36. The highest BCUT2D eigenvalue weighted by Gasteiger charge is 2.40. The molecule has 0 radical (unpaired) electrons. The number of anilines is 1. The maximum absolute atomic E-state index is 13.2. The van der Waals surface area contributed by atoms with E-state index in [-0.39, 0.29) is 43.4 Å². The maximum Gasteiger partial charge on any atom is 0.416 e. The highest BCUT2D eigenvalue weighted by atomic mass is 19.4. The molecule has 0 spiro atoms. The van der Waals surface area contributed by atoms with Crippen molar-refractivity contribution in [3.63, 3.8) is 0 Å². The van der Waals surface area contributed by atoms with Gasteiger partial charge in [-0.1, -0.05) is 56.0 Å². The van der Waals surface area contributed by atoms with E-state index in [0.717, 1.165) is 17.2 Å². The van der Waals surface area contributed by atoms with Gasteiger partial charge in [0.2, 0.25) is 0 Å². The molecule has 0 aliphatic carbocycles. The number of nitrogens with zero attached hydrogens (tertiary/aromatic N) is 4. The van der Waals surface area contributed by atoms with E-state index in [1.54, 1.807) is 23.4 Å². The summed E-state index contributed by atoms with van der Waals surface area (Å²) in [5.74, 6) is 0.950. The van der Waals surface area contributed by atoms with E-state index >= 15 is 0 Å². The van der Waals surface area contributed by atoms with Gasteiger partial charge in [0.25, 0.3) is 5.91 Å². The van der Waals surface area contributed by atoms with Crippen LogP contribution >= 0.6 is 0 Å². The molecule has 0 saturated carbocycles. The van der Waals surface area contributed by atoms with Crippen molar-refractivity contribution >= 4 is 17.2 Å². The summed E-state index contributed by atoms with van der Waals surface area (Å²) < 4.78 is 53.0. The molecule has 0 unspecified atom stereocenters. The Morgan fingerprint density at radius 3 is 2.67 bits per heavy atom. The largest absolute Gasteiger partial charge is 0.486 e. The number of aromatic nitrogens is 3. The van der Waals surface area contributed by atoms with Gasteiger partial charge in [-0.15, -0.1) is 0 Å². The number of alkyl halides is 3. The van der Waals surface area contributed by atoms with Crippen molar-refractivity contribution in [2.24, 2.45) is 0 Å². The van der Waals surface area contributed by atoms with Crippen LogP contribution in [0.3, 0.4) is 0 Å². The number of carbonyl (C=O) groups excluding carboxylic acids is 1. The molecule has 2 N–H and O–H groups in total. The Kier molecular flexibility index (Phi) is 6.25. The molecule has 6 rings (SSSR count). The molecule has 206 valence electrons. The zero-order chi connectivity index (χ0) is 28.2. The van der Waals surface area contributed by atoms with E-state index in [9.17, 15) is 18.0 Å². The average Bonchev–Trinajstić information content (AvgIpc) is 3.35. The lowest BCUT2D eigenvalue weighted by Crippen LogP contribution is -2.55. The minimum atomic E-state index is -4.40. The van der Waals surface area contributed by atoms with Gasteiger partial charge in [0, 0.05) is 23.9 Å². The molecule has 1 amide bonds. The van der Waals surface area contributed by atoms with Crippen LogP contribution in [0.2, 0.25) is 0 Å². The number of rotatable bonds is 4. The standard InChI is InChI=1S/C29H26F3N5O3/c1-16(20-4-3-5-21(12-20)29(30,31)32)18-6-8-19(9-7-18)25-26-27(33)34-10-11-36(26)28(35-25)23-13-37-22(14-40-23)17(2)39-15-24(37)38/h3-12,16,22-23H,2,13-15H2,1H3,(H2,33,34)/t16-,22-,23+/m0/s1. The van der Waals surface area contributed by atoms with Crippen LogP contribution < -0.4 is 5.73 Å². The van der Waals surface area contributed by atoms with Crippen LogP contribution in [0.15, 0.2) is 73.3 Å². The summed E-state index contributed by atoms with van der Waals surface area (Å²) in [6, 6.07) is 12.5. The molecule has 2 saturated heterocycles. The smallest absolute Gasteiger partial charge is 0.416 e. The Hall–Kier alpha value is -4.38. The molecule has 8 nitrogen and oxygen atoms in total. The van der Waals surface area contributed by atoms with Crippen molar-refractivity contribution in [1.82, 2.24) is 19.3 Å². The number of nitrogens with two attached hydrogens (primary N) is 1. The number of morpholine rings is 2. The summed E-state index contributed by atoms with van der Waals surface area (Å²) in [5, 5.41) is 0. The summed E-state index contributed by atoms with van der Waals surface area (Å²) in [6.07, 6.45) is -1.60. The molecule has 3 atom stereocenters. The Morgan fingerprint density at radius 2 is 1.93 bits per heavy atom. The van der Waals surface area contributed by atoms with Crippen LogP contribution in [0.4, 0.5) is 19.0 Å². The van der Waals surface area contributed by atoms with Gasteiger partial charge in [-0.2, -0.15) is 13.2 Å². The lowest BCUT2D eigenvalue weighted by atomic mass is 9.91. The van der Waals surface area contributed by atoms with E-state index in [2.05, 4.69) is 11.6 Å². The van der Waals surface area contributed by atoms with Crippen LogP contribution in [-0.4, -0.2) is 51.0 Å². The molecular formula is C29H26F3N5O3. The maximum atomic E-state index is 13.2. The normalized spacial score (nSPS) is 20.4. The average molecular weight is 550 g/mol. The molecule has 11 heteroatoms. The quantitative estimate of drug-likeness (QED) is 0.387. The molecule has 2 aliphatic rings. The predicted octanol–water partition coefficient (Wildman–Crippen LogP) is 4.96. The van der Waals surface area contributed by atoms with Crippen LogP contribution in [0.1, 0.15) is 41.5 Å². The van der Waals surface area contributed by atoms with Gasteiger partial charge >= 0.3 is 6.18 Å². The van der Waals surface area contributed by atoms with Gasteiger partial charge in [-0.25, -0.2) is 9.97 Å². The number of imidazole rings is 1. The topological polar surface area (TPSA) is 95.0 Å². The summed E-state index contributed by atoms with van der Waals surface area (Å²) in [6.45, 7) is 6.21. The predicted molar refractivity (Wildman–Crippen MR) is 141 cm³/mol. The number of nitrogen functional groups attached to an aromatic ring is 1. The summed E-state index contributed by atoms with van der Waals surface area (Å²) >= 11 is 0. The number of hydrogen-bond donors (Lipinski definition) is 1. The fraction of sp³-hybridized carbons (Fsp3) is 0.276. The first-order chi connectivity index (χ1) is 19.1. The number of carbonyl (C=O) groups is 1.